The second kappa shape index (κ2) is 9.39. The zero-order valence-corrected chi connectivity index (χ0v) is 23.3. The van der Waals surface area contributed by atoms with Gasteiger partial charge in [-0.2, -0.15) is 0 Å². The Kier molecular flexibility index (Phi) is 5.48. The van der Waals surface area contributed by atoms with E-state index in [9.17, 15) is 4.39 Å². The van der Waals surface area contributed by atoms with Crippen molar-refractivity contribution in [1.29, 1.82) is 0 Å². The normalized spacial score (nSPS) is 11.7. The van der Waals surface area contributed by atoms with Gasteiger partial charge in [-0.1, -0.05) is 96.1 Å². The lowest BCUT2D eigenvalue weighted by Crippen LogP contribution is -1.92. The number of hydrogen-bond donors (Lipinski definition) is 0. The summed E-state index contributed by atoms with van der Waals surface area (Å²) in [6.45, 7) is 4.22. The third kappa shape index (κ3) is 3.89. The zero-order valence-electron chi connectivity index (χ0n) is 23.3. The molecule has 0 bridgehead atoms. The predicted molar refractivity (Wildman–Crippen MR) is 171 cm³/mol. The molecular weight excluding hydrogens is 517 g/mol. The van der Waals surface area contributed by atoms with Crippen LogP contribution in [0.2, 0.25) is 0 Å². The lowest BCUT2D eigenvalue weighted by atomic mass is 9.85. The molecule has 7 aromatic carbocycles. The van der Waals surface area contributed by atoms with E-state index in [4.69, 9.17) is 9.40 Å². The molecule has 0 aliphatic heterocycles. The largest absolute Gasteiger partial charge is 0.436 e. The fraction of sp³-hybridized carbons (Fsp3) is 0.0513. The first-order valence-corrected chi connectivity index (χ1v) is 14.1. The number of hydrogen-bond acceptors (Lipinski definition) is 2. The molecule has 8 aromatic rings. The quantitative estimate of drug-likeness (QED) is 0.206. The van der Waals surface area contributed by atoms with Gasteiger partial charge in [0.2, 0.25) is 5.89 Å². The molecule has 1 aromatic heterocycles. The van der Waals surface area contributed by atoms with E-state index in [1.807, 2.05) is 0 Å². The first-order valence-electron chi connectivity index (χ1n) is 14.1. The number of nitrogens with zero attached hydrogens (tertiary/aromatic N) is 1. The minimum absolute atomic E-state index is 0.280. The fourth-order valence-electron chi connectivity index (χ4n) is 6.18. The van der Waals surface area contributed by atoms with Crippen LogP contribution in [-0.4, -0.2) is 4.98 Å². The topological polar surface area (TPSA) is 26.0 Å². The van der Waals surface area contributed by atoms with Crippen LogP contribution in [0.3, 0.4) is 0 Å². The van der Waals surface area contributed by atoms with E-state index in [-0.39, 0.29) is 5.82 Å². The van der Waals surface area contributed by atoms with Crippen LogP contribution in [0.4, 0.5) is 4.39 Å². The van der Waals surface area contributed by atoms with Crippen molar-refractivity contribution >= 4 is 32.3 Å². The van der Waals surface area contributed by atoms with Gasteiger partial charge in [-0.15, -0.1) is 0 Å². The Balaban J connectivity index is 1.44. The summed E-state index contributed by atoms with van der Waals surface area (Å²) in [4.78, 5) is 4.73. The van der Waals surface area contributed by atoms with Gasteiger partial charge < -0.3 is 4.42 Å². The molecule has 0 atom stereocenters. The highest BCUT2D eigenvalue weighted by atomic mass is 19.1. The molecule has 0 fully saturated rings. The molecule has 0 N–H and O–H groups in total. The molecule has 2 nitrogen and oxygen atoms in total. The summed E-state index contributed by atoms with van der Waals surface area (Å²) in [5.74, 6) is 0.867. The molecule has 1 heterocycles. The average molecular weight is 544 g/mol. The summed E-state index contributed by atoms with van der Waals surface area (Å²) >= 11 is 0. The van der Waals surface area contributed by atoms with E-state index in [1.165, 1.54) is 61.3 Å². The maximum atomic E-state index is 13.6. The maximum absolute atomic E-state index is 13.6. The number of rotatable bonds is 4. The van der Waals surface area contributed by atoms with Crippen LogP contribution < -0.4 is 0 Å². The molecule has 0 saturated heterocycles. The second-order valence-electron chi connectivity index (χ2n) is 11.1. The average Bonchev–Trinajstić information content (AvgIpc) is 3.51. The highest BCUT2D eigenvalue weighted by Gasteiger charge is 2.20. The molecule has 0 amide bonds. The summed E-state index contributed by atoms with van der Waals surface area (Å²) in [6.07, 6.45) is 1.72. The van der Waals surface area contributed by atoms with Crippen LogP contribution in [0.5, 0.6) is 0 Å². The molecular formula is C39H26FNO. The van der Waals surface area contributed by atoms with Crippen LogP contribution in [0, 0.1) is 19.7 Å². The molecule has 0 radical (unpaired) electrons. The fourth-order valence-corrected chi connectivity index (χ4v) is 6.18. The van der Waals surface area contributed by atoms with Gasteiger partial charge in [0.05, 0.1) is 6.20 Å². The first-order chi connectivity index (χ1) is 20.5. The highest BCUT2D eigenvalue weighted by molar-refractivity contribution is 6.29. The summed E-state index contributed by atoms with van der Waals surface area (Å²) in [5, 5.41) is 7.15. The Hall–Kier alpha value is -5.28. The summed E-state index contributed by atoms with van der Waals surface area (Å²) in [5.41, 5.74) is 8.88. The molecule has 0 aliphatic carbocycles. The Labute approximate surface area is 243 Å². The molecule has 0 aliphatic rings. The number of oxazole rings is 1. The van der Waals surface area contributed by atoms with E-state index in [0.717, 1.165) is 27.6 Å². The van der Waals surface area contributed by atoms with E-state index in [0.29, 0.717) is 11.7 Å². The van der Waals surface area contributed by atoms with E-state index >= 15 is 0 Å². The van der Waals surface area contributed by atoms with Gasteiger partial charge in [0, 0.05) is 11.1 Å². The first kappa shape index (κ1) is 24.5. The van der Waals surface area contributed by atoms with E-state index in [1.54, 1.807) is 18.3 Å². The van der Waals surface area contributed by atoms with Gasteiger partial charge in [-0.3, -0.25) is 0 Å². The third-order valence-corrected chi connectivity index (χ3v) is 8.37. The van der Waals surface area contributed by atoms with Gasteiger partial charge in [-0.25, -0.2) is 9.37 Å². The van der Waals surface area contributed by atoms with Gasteiger partial charge in [0.25, 0.3) is 0 Å². The van der Waals surface area contributed by atoms with Crippen LogP contribution in [0.25, 0.3) is 77.3 Å². The van der Waals surface area contributed by atoms with Crippen molar-refractivity contribution in [2.45, 2.75) is 13.8 Å². The number of aromatic nitrogens is 1. The van der Waals surface area contributed by atoms with Crippen molar-refractivity contribution in [2.75, 3.05) is 0 Å². The summed E-state index contributed by atoms with van der Waals surface area (Å²) in [7, 11) is 0. The Morgan fingerprint density at radius 2 is 1.07 bits per heavy atom. The molecule has 0 spiro atoms. The van der Waals surface area contributed by atoms with Crippen molar-refractivity contribution < 1.29 is 8.81 Å². The van der Waals surface area contributed by atoms with Crippen molar-refractivity contribution in [1.82, 2.24) is 4.98 Å². The Bertz CT molecular complexity index is 2240. The smallest absolute Gasteiger partial charge is 0.227 e. The standard InChI is InChI=1S/C39H26FNO/c1-23-3-7-25(8-4-23)30-17-13-28-14-18-32-34(26-9-5-24(2)6-10-26)21-35(33-20-19-31(30)37(28)38(32)33)39-41-22-36(42-39)27-11-15-29(40)16-12-27/h3-22H,1-2H3. The minimum Gasteiger partial charge on any atom is -0.436 e. The minimum atomic E-state index is -0.280. The molecule has 8 rings (SSSR count). The zero-order chi connectivity index (χ0) is 28.4. The van der Waals surface area contributed by atoms with Gasteiger partial charge in [-0.05, 0) is 98.8 Å². The SMILES string of the molecule is Cc1ccc(-c2ccc3ccc4c(-c5ccc(C)cc5)cc(-c5ncc(-c6ccc(F)cc6)o5)c5ccc2c3c45)cc1. The third-order valence-electron chi connectivity index (χ3n) is 8.37. The Morgan fingerprint density at radius 1 is 0.524 bits per heavy atom. The van der Waals surface area contributed by atoms with Crippen molar-refractivity contribution in [3.63, 3.8) is 0 Å². The maximum Gasteiger partial charge on any atom is 0.227 e. The summed E-state index contributed by atoms with van der Waals surface area (Å²) in [6, 6.07) is 39.3. The number of halogens is 1. The Morgan fingerprint density at radius 3 is 1.76 bits per heavy atom. The van der Waals surface area contributed by atoms with Gasteiger partial charge in [0.15, 0.2) is 5.76 Å². The van der Waals surface area contributed by atoms with E-state index < -0.39 is 0 Å². The molecule has 3 heteroatoms. The number of benzene rings is 7. The van der Waals surface area contributed by atoms with Gasteiger partial charge >= 0.3 is 0 Å². The van der Waals surface area contributed by atoms with Crippen molar-refractivity contribution in [2.24, 2.45) is 0 Å². The van der Waals surface area contributed by atoms with Crippen LogP contribution >= 0.6 is 0 Å². The molecule has 0 unspecified atom stereocenters. The molecule has 200 valence electrons. The monoisotopic (exact) mass is 543 g/mol. The van der Waals surface area contributed by atoms with Crippen LogP contribution in [-0.2, 0) is 0 Å². The number of aryl methyl sites for hydroxylation is 2. The van der Waals surface area contributed by atoms with Crippen LogP contribution in [0.15, 0.2) is 126 Å². The van der Waals surface area contributed by atoms with Crippen LogP contribution in [0.1, 0.15) is 11.1 Å². The lowest BCUT2D eigenvalue weighted by molar-refractivity contribution is 0.589. The molecule has 0 saturated carbocycles. The molecule has 42 heavy (non-hydrogen) atoms. The van der Waals surface area contributed by atoms with Crippen molar-refractivity contribution in [3.8, 4) is 45.0 Å². The van der Waals surface area contributed by atoms with Crippen molar-refractivity contribution in [3.05, 3.63) is 138 Å². The second-order valence-corrected chi connectivity index (χ2v) is 11.1. The lowest BCUT2D eigenvalue weighted by Gasteiger charge is -2.18. The van der Waals surface area contributed by atoms with Gasteiger partial charge in [0.1, 0.15) is 5.82 Å². The predicted octanol–water partition coefficient (Wildman–Crippen LogP) is 11.0. The summed E-state index contributed by atoms with van der Waals surface area (Å²) < 4.78 is 20.0. The van der Waals surface area contributed by atoms with E-state index in [2.05, 4.69) is 105 Å². The highest BCUT2D eigenvalue weighted by Crippen LogP contribution is 2.46.